The first-order valence-corrected chi connectivity index (χ1v) is 16.2. The molecule has 236 valence electrons. The molecule has 48 heavy (non-hydrogen) atoms. The Morgan fingerprint density at radius 2 is 1.33 bits per heavy atom. The van der Waals surface area contributed by atoms with Crippen molar-refractivity contribution in [3.8, 4) is 11.1 Å². The zero-order chi connectivity index (χ0) is 33.7. The number of allylic oxidation sites excluding steroid dienone is 5. The van der Waals surface area contributed by atoms with Crippen LogP contribution in [0.25, 0.3) is 21.9 Å². The Labute approximate surface area is 278 Å². The zero-order valence-electron chi connectivity index (χ0n) is 27.4. The van der Waals surface area contributed by atoms with Crippen LogP contribution >= 0.6 is 0 Å². The van der Waals surface area contributed by atoms with Crippen molar-refractivity contribution in [3.05, 3.63) is 165 Å². The third kappa shape index (κ3) is 4.16. The highest BCUT2D eigenvalue weighted by atomic mass is 19.3. The number of alkyl halides is 2. The molecule has 5 heteroatoms. The summed E-state index contributed by atoms with van der Waals surface area (Å²) < 4.78 is 34.4. The molecule has 5 aromatic rings. The summed E-state index contributed by atoms with van der Waals surface area (Å²) in [5, 5.41) is 1.77. The van der Waals surface area contributed by atoms with Gasteiger partial charge in [-0.25, -0.2) is 0 Å². The second-order valence-corrected chi connectivity index (χ2v) is 13.7. The van der Waals surface area contributed by atoms with E-state index in [0.717, 1.165) is 44.7 Å². The van der Waals surface area contributed by atoms with Crippen molar-refractivity contribution in [1.82, 2.24) is 0 Å². The normalized spacial score (nSPS) is 17.4. The Morgan fingerprint density at radius 3 is 2.02 bits per heavy atom. The summed E-state index contributed by atoms with van der Waals surface area (Å²) in [6, 6.07) is 30.5. The van der Waals surface area contributed by atoms with E-state index in [1.165, 1.54) is 11.6 Å². The number of benzene rings is 5. The Kier molecular flexibility index (Phi) is 6.42. The van der Waals surface area contributed by atoms with Crippen LogP contribution in [0, 0.1) is 20.8 Å². The molecule has 2 aliphatic carbocycles. The minimum absolute atomic E-state index is 0.158. The number of hydrogen-bond acceptors (Lipinski definition) is 3. The average molecular weight is 634 g/mol. The van der Waals surface area contributed by atoms with Gasteiger partial charge in [-0.3, -0.25) is 9.59 Å². The lowest BCUT2D eigenvalue weighted by Crippen LogP contribution is -2.39. The molecule has 0 atom stereocenters. The summed E-state index contributed by atoms with van der Waals surface area (Å²) in [6.45, 7) is 10.2. The Bertz CT molecular complexity index is 2310. The lowest BCUT2D eigenvalue weighted by Gasteiger charge is -2.43. The smallest absolute Gasteiger partial charge is 0.307 e. The first-order chi connectivity index (χ1) is 22.9. The molecule has 1 heterocycles. The van der Waals surface area contributed by atoms with Gasteiger partial charge in [0, 0.05) is 27.5 Å². The van der Waals surface area contributed by atoms with Crippen LogP contribution in [-0.4, -0.2) is 17.5 Å². The Hall–Kier alpha value is -5.42. The topological polar surface area (TPSA) is 37.4 Å². The molecule has 8 rings (SSSR count). The maximum Gasteiger partial charge on any atom is 0.313 e. The van der Waals surface area contributed by atoms with Gasteiger partial charge in [0.1, 0.15) is 5.70 Å². The van der Waals surface area contributed by atoms with Crippen LogP contribution in [-0.2, 0) is 5.41 Å². The first kappa shape index (κ1) is 29.9. The molecule has 0 fully saturated rings. The molecule has 3 nitrogen and oxygen atoms in total. The van der Waals surface area contributed by atoms with Crippen molar-refractivity contribution in [3.63, 3.8) is 0 Å². The number of Topliss-reactive ketones (excluding diaryl/α,β-unsaturated/α-hetero) is 2. The van der Waals surface area contributed by atoms with Crippen LogP contribution in [0.3, 0.4) is 0 Å². The van der Waals surface area contributed by atoms with Crippen molar-refractivity contribution < 1.29 is 18.4 Å². The van der Waals surface area contributed by atoms with E-state index in [1.807, 2.05) is 68.4 Å². The maximum atomic E-state index is 17.2. The van der Waals surface area contributed by atoms with Crippen molar-refractivity contribution >= 4 is 33.7 Å². The highest BCUT2D eigenvalue weighted by molar-refractivity contribution is 6.39. The number of nitrogens with zero attached hydrogens (tertiary/aromatic N) is 1. The predicted molar refractivity (Wildman–Crippen MR) is 188 cm³/mol. The highest BCUT2D eigenvalue weighted by Crippen LogP contribution is 2.58. The van der Waals surface area contributed by atoms with Gasteiger partial charge in [0.15, 0.2) is 11.6 Å². The van der Waals surface area contributed by atoms with E-state index < -0.39 is 22.9 Å². The number of halogens is 2. The minimum atomic E-state index is -3.51. The fourth-order valence-corrected chi connectivity index (χ4v) is 7.99. The SMILES string of the molecule is Cc1cc(C)c(-c2ccc3c(c2)C(C)(C)C2=C(N3c3cccc4ccccc34)C(F)(F)C(C=C3C(=O)c4ccccc4C3=O)=C2)c(C)c1. The van der Waals surface area contributed by atoms with Gasteiger partial charge in [-0.2, -0.15) is 8.78 Å². The number of hydrogen-bond donors (Lipinski definition) is 0. The number of carbonyl (C=O) groups excluding carboxylic acids is 2. The highest BCUT2D eigenvalue weighted by Gasteiger charge is 2.54. The summed E-state index contributed by atoms with van der Waals surface area (Å²) in [5.74, 6) is -4.56. The molecule has 0 radical (unpaired) electrons. The third-order valence-corrected chi connectivity index (χ3v) is 10.2. The molecule has 0 unspecified atom stereocenters. The predicted octanol–water partition coefficient (Wildman–Crippen LogP) is 10.7. The molecule has 1 aliphatic heterocycles. The lowest BCUT2D eigenvalue weighted by atomic mass is 9.72. The quantitative estimate of drug-likeness (QED) is 0.147. The largest absolute Gasteiger partial charge is 0.313 e. The standard InChI is InChI=1S/C43H33F2NO2/c1-24-19-25(2)38(26(3)20-24)28-17-18-37-34(21-28)42(4,5)35-23-29(22-33-39(47)31-14-8-9-15-32(31)40(33)48)43(44,45)41(35)46(37)36-16-10-12-27-11-6-7-13-30(27)36/h6-23H,1-5H3. The molecule has 0 bridgehead atoms. The Morgan fingerprint density at radius 1 is 0.708 bits per heavy atom. The van der Waals surface area contributed by atoms with Gasteiger partial charge in [-0.05, 0) is 89.9 Å². The molecule has 0 amide bonds. The van der Waals surface area contributed by atoms with Gasteiger partial charge in [-0.15, -0.1) is 0 Å². The van der Waals surface area contributed by atoms with Crippen molar-refractivity contribution in [2.45, 2.75) is 46.0 Å². The van der Waals surface area contributed by atoms with Crippen LogP contribution in [0.1, 0.15) is 56.8 Å². The van der Waals surface area contributed by atoms with Crippen LogP contribution < -0.4 is 4.90 Å². The van der Waals surface area contributed by atoms with E-state index in [0.29, 0.717) is 16.9 Å². The second kappa shape index (κ2) is 10.3. The van der Waals surface area contributed by atoms with Crippen molar-refractivity contribution in [2.75, 3.05) is 4.90 Å². The lowest BCUT2D eigenvalue weighted by molar-refractivity contribution is 0.0871. The number of fused-ring (bicyclic) bond motifs is 3. The van der Waals surface area contributed by atoms with Crippen LogP contribution in [0.5, 0.6) is 0 Å². The van der Waals surface area contributed by atoms with E-state index in [-0.39, 0.29) is 28.0 Å². The fourth-order valence-electron chi connectivity index (χ4n) is 7.99. The molecule has 0 spiro atoms. The Balaban J connectivity index is 1.37. The molecule has 0 aromatic heterocycles. The average Bonchev–Trinajstić information content (AvgIpc) is 3.46. The van der Waals surface area contributed by atoms with Gasteiger partial charge >= 0.3 is 5.92 Å². The zero-order valence-corrected chi connectivity index (χ0v) is 27.4. The van der Waals surface area contributed by atoms with Crippen LogP contribution in [0.15, 0.2) is 132 Å². The van der Waals surface area contributed by atoms with Crippen molar-refractivity contribution in [2.24, 2.45) is 0 Å². The van der Waals surface area contributed by atoms with Gasteiger partial charge < -0.3 is 4.90 Å². The minimum Gasteiger partial charge on any atom is -0.307 e. The van der Waals surface area contributed by atoms with Gasteiger partial charge in [0.2, 0.25) is 0 Å². The van der Waals surface area contributed by atoms with E-state index in [1.54, 1.807) is 29.2 Å². The summed E-state index contributed by atoms with van der Waals surface area (Å²) in [6.07, 6.45) is 2.62. The molecule has 5 aromatic carbocycles. The van der Waals surface area contributed by atoms with Crippen molar-refractivity contribution in [1.29, 1.82) is 0 Å². The number of anilines is 2. The number of carbonyl (C=O) groups is 2. The van der Waals surface area contributed by atoms with Crippen LogP contribution in [0.2, 0.25) is 0 Å². The number of ketones is 2. The van der Waals surface area contributed by atoms with Gasteiger partial charge in [-0.1, -0.05) is 98.3 Å². The summed E-state index contributed by atoms with van der Waals surface area (Å²) >= 11 is 0. The maximum absolute atomic E-state index is 17.2. The molecule has 0 saturated heterocycles. The summed E-state index contributed by atoms with van der Waals surface area (Å²) in [7, 11) is 0. The molecular weight excluding hydrogens is 600 g/mol. The molecule has 0 saturated carbocycles. The van der Waals surface area contributed by atoms with E-state index >= 15 is 8.78 Å². The second-order valence-electron chi connectivity index (χ2n) is 13.7. The number of aryl methyl sites for hydroxylation is 3. The summed E-state index contributed by atoms with van der Waals surface area (Å²) in [4.78, 5) is 28.3. The van der Waals surface area contributed by atoms with Gasteiger partial charge in [0.25, 0.3) is 0 Å². The monoisotopic (exact) mass is 633 g/mol. The first-order valence-electron chi connectivity index (χ1n) is 16.2. The van der Waals surface area contributed by atoms with Gasteiger partial charge in [0.05, 0.1) is 16.9 Å². The molecular formula is C43H33F2NO2. The number of rotatable bonds is 3. The van der Waals surface area contributed by atoms with E-state index in [2.05, 4.69) is 39.0 Å². The summed E-state index contributed by atoms with van der Waals surface area (Å²) in [5.41, 5.74) is 7.19. The van der Waals surface area contributed by atoms with E-state index in [4.69, 9.17) is 0 Å². The fraction of sp³-hybridized carbons (Fsp3) is 0.163. The van der Waals surface area contributed by atoms with Crippen LogP contribution in [0.4, 0.5) is 20.2 Å². The molecule has 3 aliphatic rings. The van der Waals surface area contributed by atoms with E-state index in [9.17, 15) is 9.59 Å². The molecule has 0 N–H and O–H groups in total. The third-order valence-electron chi connectivity index (χ3n) is 10.2.